The number of rotatable bonds is 7. The Hall–Kier alpha value is -3.88. The highest BCUT2D eigenvalue weighted by atomic mass is 16.5. The molecular weight excluding hydrogens is 424 g/mol. The number of likely N-dealkylation sites (tertiary alicyclic amines) is 1. The van der Waals surface area contributed by atoms with E-state index in [-0.39, 0.29) is 29.7 Å². The second-order valence-electron chi connectivity index (χ2n) is 7.99. The summed E-state index contributed by atoms with van der Waals surface area (Å²) in [6.45, 7) is 0.978. The molecule has 9 heteroatoms. The number of amides is 2. The van der Waals surface area contributed by atoms with Crippen molar-refractivity contribution in [2.24, 2.45) is 0 Å². The Morgan fingerprint density at radius 1 is 1.27 bits per heavy atom. The van der Waals surface area contributed by atoms with Crippen molar-refractivity contribution in [1.29, 1.82) is 0 Å². The molecule has 4 rings (SSSR count). The van der Waals surface area contributed by atoms with Gasteiger partial charge in [-0.15, -0.1) is 0 Å². The third kappa shape index (κ3) is 5.68. The average Bonchev–Trinajstić information content (AvgIpc) is 3.31. The molecule has 1 saturated heterocycles. The number of carbonyl (C=O) groups excluding carboxylic acids is 2. The molecule has 2 N–H and O–H groups in total. The van der Waals surface area contributed by atoms with E-state index in [0.29, 0.717) is 25.4 Å². The van der Waals surface area contributed by atoms with E-state index in [1.165, 1.54) is 18.5 Å². The normalized spacial score (nSPS) is 15.8. The molecule has 0 radical (unpaired) electrons. The minimum absolute atomic E-state index is 0.00716. The predicted octanol–water partition coefficient (Wildman–Crippen LogP) is 2.51. The van der Waals surface area contributed by atoms with Crippen molar-refractivity contribution in [3.8, 4) is 11.5 Å². The summed E-state index contributed by atoms with van der Waals surface area (Å²) in [5, 5.41) is 12.0. The summed E-state index contributed by atoms with van der Waals surface area (Å²) in [5.41, 5.74) is 1.26. The molecule has 0 spiro atoms. The van der Waals surface area contributed by atoms with E-state index < -0.39 is 5.91 Å². The van der Waals surface area contributed by atoms with Gasteiger partial charge in [0, 0.05) is 25.7 Å². The van der Waals surface area contributed by atoms with Crippen molar-refractivity contribution in [3.05, 3.63) is 71.7 Å². The summed E-state index contributed by atoms with van der Waals surface area (Å²) in [7, 11) is 1.64. The first kappa shape index (κ1) is 22.3. The summed E-state index contributed by atoms with van der Waals surface area (Å²) < 4.78 is 11.3. The molecule has 1 aliphatic rings. The number of methoxy groups -OCH3 is 1. The number of hydrogen-bond acceptors (Lipinski definition) is 7. The van der Waals surface area contributed by atoms with Crippen LogP contribution in [0.1, 0.15) is 46.3 Å². The van der Waals surface area contributed by atoms with Crippen molar-refractivity contribution in [2.45, 2.75) is 25.2 Å². The maximum absolute atomic E-state index is 12.7. The second kappa shape index (κ2) is 10.2. The number of nitrogens with one attached hydrogen (secondary N) is 1. The molecule has 1 fully saturated rings. The standard InChI is InChI=1S/C24H26N4O5/c1-32-20-6-2-4-16(8-20)9-21-13-27-24(33-21)17-5-3-7-28(15-17)22(30)14-26-23(31)18-10-19(29)12-25-11-18/h2,4,6,8,10-13,17,29H,3,5,7,9,14-15H2,1H3,(H,26,31). The Labute approximate surface area is 191 Å². The van der Waals surface area contributed by atoms with Gasteiger partial charge in [-0.25, -0.2) is 4.98 Å². The zero-order valence-electron chi connectivity index (χ0n) is 18.4. The van der Waals surface area contributed by atoms with Gasteiger partial charge < -0.3 is 24.5 Å². The van der Waals surface area contributed by atoms with Gasteiger partial charge in [0.15, 0.2) is 5.89 Å². The molecule has 0 bridgehead atoms. The predicted molar refractivity (Wildman–Crippen MR) is 119 cm³/mol. The molecule has 172 valence electrons. The molecule has 3 heterocycles. The number of aromatic nitrogens is 2. The van der Waals surface area contributed by atoms with Crippen molar-refractivity contribution in [1.82, 2.24) is 20.2 Å². The fraction of sp³-hybridized carbons (Fsp3) is 0.333. The molecule has 1 atom stereocenters. The van der Waals surface area contributed by atoms with E-state index in [2.05, 4.69) is 15.3 Å². The van der Waals surface area contributed by atoms with E-state index in [0.717, 1.165) is 29.9 Å². The SMILES string of the molecule is COc1cccc(Cc2cnc(C3CCCN(C(=O)CNC(=O)c4cncc(O)c4)C3)o2)c1. The third-order valence-corrected chi connectivity index (χ3v) is 5.59. The van der Waals surface area contributed by atoms with E-state index in [1.807, 2.05) is 24.3 Å². The molecule has 0 saturated carbocycles. The van der Waals surface area contributed by atoms with Crippen LogP contribution in [0, 0.1) is 0 Å². The highest BCUT2D eigenvalue weighted by Gasteiger charge is 2.28. The van der Waals surface area contributed by atoms with E-state index in [1.54, 1.807) is 18.2 Å². The average molecular weight is 450 g/mol. The van der Waals surface area contributed by atoms with Gasteiger partial charge in [-0.05, 0) is 36.6 Å². The molecule has 33 heavy (non-hydrogen) atoms. The Bertz CT molecular complexity index is 1130. The van der Waals surface area contributed by atoms with Crippen molar-refractivity contribution in [2.75, 3.05) is 26.7 Å². The summed E-state index contributed by atoms with van der Waals surface area (Å²) in [6.07, 6.45) is 6.62. The van der Waals surface area contributed by atoms with E-state index in [9.17, 15) is 14.7 Å². The zero-order valence-corrected chi connectivity index (χ0v) is 18.4. The molecule has 1 aliphatic heterocycles. The molecule has 0 aliphatic carbocycles. The molecule has 1 unspecified atom stereocenters. The van der Waals surface area contributed by atoms with Crippen LogP contribution in [0.5, 0.6) is 11.5 Å². The Balaban J connectivity index is 1.32. The van der Waals surface area contributed by atoms with Crippen LogP contribution in [0.25, 0.3) is 0 Å². The second-order valence-corrected chi connectivity index (χ2v) is 7.99. The number of benzene rings is 1. The first-order valence-corrected chi connectivity index (χ1v) is 10.8. The maximum atomic E-state index is 12.7. The molecule has 2 aromatic heterocycles. The number of pyridine rings is 1. The van der Waals surface area contributed by atoms with E-state index >= 15 is 0 Å². The fourth-order valence-corrected chi connectivity index (χ4v) is 3.90. The number of hydrogen-bond donors (Lipinski definition) is 2. The lowest BCUT2D eigenvalue weighted by molar-refractivity contribution is -0.131. The number of oxazole rings is 1. The lowest BCUT2D eigenvalue weighted by atomic mass is 9.98. The largest absolute Gasteiger partial charge is 0.506 e. The van der Waals surface area contributed by atoms with Gasteiger partial charge in [-0.3, -0.25) is 14.6 Å². The van der Waals surface area contributed by atoms with Crippen LogP contribution >= 0.6 is 0 Å². The van der Waals surface area contributed by atoms with Crippen molar-refractivity contribution >= 4 is 11.8 Å². The molecule has 2 amide bonds. The lowest BCUT2D eigenvalue weighted by Gasteiger charge is -2.31. The Morgan fingerprint density at radius 2 is 2.15 bits per heavy atom. The van der Waals surface area contributed by atoms with E-state index in [4.69, 9.17) is 9.15 Å². The van der Waals surface area contributed by atoms with Gasteiger partial charge in [0.2, 0.25) is 5.91 Å². The fourth-order valence-electron chi connectivity index (χ4n) is 3.90. The number of aromatic hydroxyl groups is 1. The number of piperidine rings is 1. The minimum atomic E-state index is -0.463. The Morgan fingerprint density at radius 3 is 2.97 bits per heavy atom. The summed E-state index contributed by atoms with van der Waals surface area (Å²) in [4.78, 5) is 34.8. The van der Waals surface area contributed by atoms with Gasteiger partial charge in [0.25, 0.3) is 5.91 Å². The third-order valence-electron chi connectivity index (χ3n) is 5.59. The summed E-state index contributed by atoms with van der Waals surface area (Å²) in [6, 6.07) is 9.10. The van der Waals surface area contributed by atoms with Crippen LogP contribution in [0.3, 0.4) is 0 Å². The number of nitrogens with zero attached hydrogens (tertiary/aromatic N) is 3. The van der Waals surface area contributed by atoms with Crippen molar-refractivity contribution < 1.29 is 23.8 Å². The Kier molecular flexibility index (Phi) is 6.87. The van der Waals surface area contributed by atoms with Crippen LogP contribution < -0.4 is 10.1 Å². The maximum Gasteiger partial charge on any atom is 0.253 e. The van der Waals surface area contributed by atoms with Crippen molar-refractivity contribution in [3.63, 3.8) is 0 Å². The van der Waals surface area contributed by atoms with Gasteiger partial charge in [-0.2, -0.15) is 0 Å². The monoisotopic (exact) mass is 450 g/mol. The quantitative estimate of drug-likeness (QED) is 0.568. The highest BCUT2D eigenvalue weighted by Crippen LogP contribution is 2.27. The minimum Gasteiger partial charge on any atom is -0.506 e. The smallest absolute Gasteiger partial charge is 0.253 e. The van der Waals surface area contributed by atoms with Gasteiger partial charge >= 0.3 is 0 Å². The van der Waals surface area contributed by atoms with Crippen LogP contribution in [0.2, 0.25) is 0 Å². The molecule has 1 aromatic carbocycles. The first-order chi connectivity index (χ1) is 16.0. The lowest BCUT2D eigenvalue weighted by Crippen LogP contribution is -2.44. The van der Waals surface area contributed by atoms with Crippen LogP contribution in [-0.4, -0.2) is 58.5 Å². The molecule has 3 aromatic rings. The van der Waals surface area contributed by atoms with Gasteiger partial charge in [0.1, 0.15) is 17.3 Å². The highest BCUT2D eigenvalue weighted by molar-refractivity contribution is 5.96. The zero-order chi connectivity index (χ0) is 23.2. The number of carbonyl (C=O) groups is 2. The summed E-state index contributed by atoms with van der Waals surface area (Å²) in [5.74, 6) is 1.44. The molecular formula is C24H26N4O5. The van der Waals surface area contributed by atoms with Gasteiger partial charge in [0.05, 0.1) is 37.5 Å². The molecule has 9 nitrogen and oxygen atoms in total. The van der Waals surface area contributed by atoms with Crippen LogP contribution in [0.15, 0.2) is 53.3 Å². The van der Waals surface area contributed by atoms with Crippen LogP contribution in [-0.2, 0) is 11.2 Å². The number of ether oxygens (including phenoxy) is 1. The summed E-state index contributed by atoms with van der Waals surface area (Å²) >= 11 is 0. The van der Waals surface area contributed by atoms with Crippen LogP contribution in [0.4, 0.5) is 0 Å². The topological polar surface area (TPSA) is 118 Å². The van der Waals surface area contributed by atoms with Gasteiger partial charge in [-0.1, -0.05) is 12.1 Å². The first-order valence-electron chi connectivity index (χ1n) is 10.8.